The van der Waals surface area contributed by atoms with Crippen LogP contribution in [0.4, 0.5) is 5.69 Å². The van der Waals surface area contributed by atoms with E-state index in [1.165, 1.54) is 11.3 Å². The molecule has 1 aromatic rings. The zero-order chi connectivity index (χ0) is 18.2. The van der Waals surface area contributed by atoms with Gasteiger partial charge < -0.3 is 15.5 Å². The van der Waals surface area contributed by atoms with E-state index in [0.29, 0.717) is 5.69 Å². The van der Waals surface area contributed by atoms with Crippen LogP contribution in [-0.4, -0.2) is 42.8 Å². The smallest absolute Gasteiger partial charge is 0.243 e. The number of carbonyl (C=O) groups is 3. The number of anilines is 1. The minimum Gasteiger partial charge on any atom is -0.347 e. The van der Waals surface area contributed by atoms with Crippen molar-refractivity contribution in [1.82, 2.24) is 10.2 Å². The van der Waals surface area contributed by atoms with Gasteiger partial charge in [0.15, 0.2) is 0 Å². The van der Waals surface area contributed by atoms with Gasteiger partial charge in [0.1, 0.15) is 0 Å². The van der Waals surface area contributed by atoms with Crippen LogP contribution in [0.1, 0.15) is 37.7 Å². The Balaban J connectivity index is 1.72. The molecule has 1 aliphatic rings. The second-order valence-corrected chi connectivity index (χ2v) is 6.72. The average Bonchev–Trinajstić information content (AvgIpc) is 2.62. The van der Waals surface area contributed by atoms with Gasteiger partial charge in [0.2, 0.25) is 17.7 Å². The third-order valence-corrected chi connectivity index (χ3v) is 4.53. The summed E-state index contributed by atoms with van der Waals surface area (Å²) in [5.41, 5.74) is 1.81. The molecule has 25 heavy (non-hydrogen) atoms. The molecule has 0 aliphatic heterocycles. The fraction of sp³-hybridized carbons (Fsp3) is 0.526. The molecular weight excluding hydrogens is 318 g/mol. The van der Waals surface area contributed by atoms with Crippen LogP contribution in [0, 0.1) is 12.8 Å². The van der Waals surface area contributed by atoms with Crippen molar-refractivity contribution in [3.63, 3.8) is 0 Å². The molecule has 0 atom stereocenters. The Morgan fingerprint density at radius 1 is 1.08 bits per heavy atom. The minimum absolute atomic E-state index is 0.0247. The summed E-state index contributed by atoms with van der Waals surface area (Å²) in [5.74, 6) is -0.566. The standard InChI is InChI=1S/C19H27N3O3/c1-14-8-10-16(11-9-14)21-17(23)13-22(2)18(24)12-20-19(25)15-6-4-3-5-7-15/h8-11,15H,3-7,12-13H2,1-2H3,(H,20,25)(H,21,23). The molecule has 2 rings (SSSR count). The molecule has 0 bridgehead atoms. The molecule has 0 heterocycles. The first-order valence-electron chi connectivity index (χ1n) is 8.84. The highest BCUT2D eigenvalue weighted by Crippen LogP contribution is 2.23. The normalized spacial score (nSPS) is 14.6. The summed E-state index contributed by atoms with van der Waals surface area (Å²) in [4.78, 5) is 37.5. The number of hydrogen-bond donors (Lipinski definition) is 2. The average molecular weight is 345 g/mol. The number of hydrogen-bond acceptors (Lipinski definition) is 3. The van der Waals surface area contributed by atoms with Crippen LogP contribution >= 0.6 is 0 Å². The maximum atomic E-state index is 12.1. The monoisotopic (exact) mass is 345 g/mol. The summed E-state index contributed by atoms with van der Waals surface area (Å²) in [6.07, 6.45) is 5.13. The lowest BCUT2D eigenvalue weighted by Crippen LogP contribution is -2.43. The van der Waals surface area contributed by atoms with Crippen LogP contribution in [0.5, 0.6) is 0 Å². The van der Waals surface area contributed by atoms with Gasteiger partial charge in [-0.05, 0) is 31.9 Å². The first-order valence-corrected chi connectivity index (χ1v) is 8.84. The number of carbonyl (C=O) groups excluding carboxylic acids is 3. The molecule has 6 nitrogen and oxygen atoms in total. The lowest BCUT2D eigenvalue weighted by Gasteiger charge is -2.22. The number of nitrogens with zero attached hydrogens (tertiary/aromatic N) is 1. The van der Waals surface area contributed by atoms with Gasteiger partial charge in [-0.15, -0.1) is 0 Å². The van der Waals surface area contributed by atoms with Crippen molar-refractivity contribution in [3.05, 3.63) is 29.8 Å². The fourth-order valence-corrected chi connectivity index (χ4v) is 2.95. The van der Waals surface area contributed by atoms with Crippen molar-refractivity contribution < 1.29 is 14.4 Å². The van der Waals surface area contributed by atoms with Gasteiger partial charge in [-0.3, -0.25) is 14.4 Å². The second kappa shape index (κ2) is 9.20. The molecule has 6 heteroatoms. The summed E-state index contributed by atoms with van der Waals surface area (Å²) in [7, 11) is 1.56. The van der Waals surface area contributed by atoms with Gasteiger partial charge >= 0.3 is 0 Å². The van der Waals surface area contributed by atoms with E-state index >= 15 is 0 Å². The summed E-state index contributed by atoms with van der Waals surface area (Å²) < 4.78 is 0. The number of benzene rings is 1. The quantitative estimate of drug-likeness (QED) is 0.829. The summed E-state index contributed by atoms with van der Waals surface area (Å²) in [5, 5.41) is 5.45. The molecule has 0 saturated heterocycles. The van der Waals surface area contributed by atoms with E-state index in [1.807, 2.05) is 31.2 Å². The number of aryl methyl sites for hydroxylation is 1. The van der Waals surface area contributed by atoms with Crippen LogP contribution < -0.4 is 10.6 Å². The van der Waals surface area contributed by atoms with Crippen molar-refractivity contribution in [1.29, 1.82) is 0 Å². The van der Waals surface area contributed by atoms with Crippen molar-refractivity contribution in [2.24, 2.45) is 5.92 Å². The highest BCUT2D eigenvalue weighted by molar-refractivity contribution is 5.95. The van der Waals surface area contributed by atoms with Crippen molar-refractivity contribution in [2.45, 2.75) is 39.0 Å². The third kappa shape index (κ3) is 6.21. The SMILES string of the molecule is Cc1ccc(NC(=O)CN(C)C(=O)CNC(=O)C2CCCCC2)cc1. The predicted octanol–water partition coefficient (Wildman–Crippen LogP) is 2.09. The zero-order valence-electron chi connectivity index (χ0n) is 15.0. The molecule has 2 N–H and O–H groups in total. The summed E-state index contributed by atoms with van der Waals surface area (Å²) in [6, 6.07) is 7.45. The van der Waals surface area contributed by atoms with Gasteiger partial charge in [-0.1, -0.05) is 37.0 Å². The van der Waals surface area contributed by atoms with Crippen LogP contribution in [0.15, 0.2) is 24.3 Å². The molecule has 1 aliphatic carbocycles. The largest absolute Gasteiger partial charge is 0.347 e. The van der Waals surface area contributed by atoms with Gasteiger partial charge in [0.25, 0.3) is 0 Å². The Hall–Kier alpha value is -2.37. The lowest BCUT2D eigenvalue weighted by atomic mass is 9.89. The van der Waals surface area contributed by atoms with Crippen LogP contribution in [-0.2, 0) is 14.4 Å². The van der Waals surface area contributed by atoms with Crippen LogP contribution in [0.2, 0.25) is 0 Å². The number of rotatable bonds is 6. The number of likely N-dealkylation sites (N-methyl/N-ethyl adjacent to an activating group) is 1. The first-order chi connectivity index (χ1) is 12.0. The van der Waals surface area contributed by atoms with E-state index in [9.17, 15) is 14.4 Å². The summed E-state index contributed by atoms with van der Waals surface area (Å²) >= 11 is 0. The van der Waals surface area contributed by atoms with Gasteiger partial charge in [-0.25, -0.2) is 0 Å². The molecule has 1 aromatic carbocycles. The predicted molar refractivity (Wildman–Crippen MR) is 97.0 cm³/mol. The van der Waals surface area contributed by atoms with Crippen LogP contribution in [0.25, 0.3) is 0 Å². The Labute approximate surface area is 149 Å². The Kier molecular flexibility index (Phi) is 6.98. The zero-order valence-corrected chi connectivity index (χ0v) is 15.0. The molecule has 0 spiro atoms. The Morgan fingerprint density at radius 2 is 1.72 bits per heavy atom. The highest BCUT2D eigenvalue weighted by Gasteiger charge is 2.22. The molecule has 3 amide bonds. The van der Waals surface area contributed by atoms with E-state index in [1.54, 1.807) is 7.05 Å². The molecule has 1 fully saturated rings. The number of nitrogens with one attached hydrogen (secondary N) is 2. The Bertz CT molecular complexity index is 607. The van der Waals surface area contributed by atoms with E-state index in [-0.39, 0.29) is 36.7 Å². The van der Waals surface area contributed by atoms with E-state index in [2.05, 4.69) is 10.6 Å². The lowest BCUT2D eigenvalue weighted by molar-refractivity contribution is -0.135. The molecule has 0 aromatic heterocycles. The van der Waals surface area contributed by atoms with Crippen LogP contribution in [0.3, 0.4) is 0 Å². The van der Waals surface area contributed by atoms with E-state index < -0.39 is 0 Å². The first kappa shape index (κ1) is 19.0. The maximum Gasteiger partial charge on any atom is 0.243 e. The Morgan fingerprint density at radius 3 is 2.36 bits per heavy atom. The highest BCUT2D eigenvalue weighted by atomic mass is 16.2. The molecule has 0 radical (unpaired) electrons. The van der Waals surface area contributed by atoms with Crippen molar-refractivity contribution in [3.8, 4) is 0 Å². The van der Waals surface area contributed by atoms with Crippen molar-refractivity contribution in [2.75, 3.05) is 25.5 Å². The molecule has 136 valence electrons. The maximum absolute atomic E-state index is 12.1. The van der Waals surface area contributed by atoms with Crippen molar-refractivity contribution >= 4 is 23.4 Å². The van der Waals surface area contributed by atoms with E-state index in [0.717, 1.165) is 31.2 Å². The van der Waals surface area contributed by atoms with E-state index in [4.69, 9.17) is 0 Å². The minimum atomic E-state index is -0.275. The molecular formula is C19H27N3O3. The van der Waals surface area contributed by atoms with Gasteiger partial charge in [0, 0.05) is 18.7 Å². The number of amides is 3. The fourth-order valence-electron chi connectivity index (χ4n) is 2.95. The molecule has 1 saturated carbocycles. The molecule has 0 unspecified atom stereocenters. The topological polar surface area (TPSA) is 78.5 Å². The third-order valence-electron chi connectivity index (χ3n) is 4.53. The summed E-state index contributed by atoms with van der Waals surface area (Å²) in [6.45, 7) is 1.86. The van der Waals surface area contributed by atoms with Gasteiger partial charge in [0.05, 0.1) is 13.1 Å². The second-order valence-electron chi connectivity index (χ2n) is 6.72. The van der Waals surface area contributed by atoms with Gasteiger partial charge in [-0.2, -0.15) is 0 Å².